The average molecular weight is 342 g/mol. The van der Waals surface area contributed by atoms with Gasteiger partial charge in [-0.3, -0.25) is 0 Å². The molecule has 4 nitrogen and oxygen atoms in total. The molecule has 4 rings (SSSR count). The molecule has 0 unspecified atom stereocenters. The Hall–Kier alpha value is -1.88. The molecule has 24 heavy (non-hydrogen) atoms. The molecule has 1 aromatic heterocycles. The number of rotatable bonds is 4. The smallest absolute Gasteiger partial charge is 0.166 e. The molecule has 1 aliphatic heterocycles. The third kappa shape index (κ3) is 3.05. The van der Waals surface area contributed by atoms with Gasteiger partial charge in [-0.2, -0.15) is 0 Å². The quantitative estimate of drug-likeness (QED) is 0.523. The monoisotopic (exact) mass is 341 g/mol. The van der Waals surface area contributed by atoms with Crippen LogP contribution in [0.2, 0.25) is 5.02 Å². The fraction of sp³-hybridized carbons (Fsp3) is 0.316. The second-order valence-electron chi connectivity index (χ2n) is 6.60. The van der Waals surface area contributed by atoms with Crippen LogP contribution in [0.5, 0.6) is 0 Å². The largest absolute Gasteiger partial charge is 0.632 e. The van der Waals surface area contributed by atoms with Crippen LogP contribution in [0, 0.1) is 5.21 Å². The van der Waals surface area contributed by atoms with Crippen molar-refractivity contribution in [3.63, 3.8) is 0 Å². The Kier molecular flexibility index (Phi) is 4.04. The molecule has 3 aromatic rings. The predicted octanol–water partition coefficient (Wildman–Crippen LogP) is 4.35. The van der Waals surface area contributed by atoms with E-state index in [0.717, 1.165) is 40.3 Å². The first kappa shape index (κ1) is 15.6. The fourth-order valence-electron chi connectivity index (χ4n) is 3.52. The van der Waals surface area contributed by atoms with Crippen molar-refractivity contribution in [2.75, 3.05) is 13.1 Å². The average Bonchev–Trinajstić information content (AvgIpc) is 3.14. The topological polar surface area (TPSA) is 40.9 Å². The van der Waals surface area contributed by atoms with Crippen LogP contribution in [0.1, 0.15) is 24.2 Å². The Morgan fingerprint density at radius 3 is 2.50 bits per heavy atom. The number of likely N-dealkylation sites (tertiary alicyclic amines) is 1. The van der Waals surface area contributed by atoms with Crippen molar-refractivity contribution in [1.29, 1.82) is 0 Å². The van der Waals surface area contributed by atoms with Gasteiger partial charge in [-0.25, -0.2) is 4.98 Å². The predicted molar refractivity (Wildman–Crippen MR) is 96.6 cm³/mol. The summed E-state index contributed by atoms with van der Waals surface area (Å²) in [4.78, 5) is 4.76. The normalized spacial score (nSPS) is 16.8. The number of para-hydroxylation sites is 2. The summed E-state index contributed by atoms with van der Waals surface area (Å²) in [6.45, 7) is 2.55. The maximum Gasteiger partial charge on any atom is 0.166 e. The molecule has 2 heterocycles. The van der Waals surface area contributed by atoms with Crippen LogP contribution in [0.3, 0.4) is 0 Å². The summed E-state index contributed by atoms with van der Waals surface area (Å²) in [5.74, 6) is 0.878. The molecular formula is C19H20ClN3O. The Morgan fingerprint density at radius 1 is 1.04 bits per heavy atom. The number of benzene rings is 2. The highest BCUT2D eigenvalue weighted by Crippen LogP contribution is 2.25. The maximum atomic E-state index is 12.9. The highest BCUT2D eigenvalue weighted by atomic mass is 35.5. The van der Waals surface area contributed by atoms with Crippen molar-refractivity contribution in [1.82, 2.24) is 9.55 Å². The maximum absolute atomic E-state index is 12.9. The number of halogens is 1. The summed E-state index contributed by atoms with van der Waals surface area (Å²) in [5, 5.41) is 13.6. The van der Waals surface area contributed by atoms with E-state index >= 15 is 0 Å². The fourth-order valence-corrected chi connectivity index (χ4v) is 3.65. The number of nitrogens with zero attached hydrogens (tertiary/aromatic N) is 3. The summed E-state index contributed by atoms with van der Waals surface area (Å²) in [6.07, 6.45) is 2.03. The molecule has 0 saturated carbocycles. The highest BCUT2D eigenvalue weighted by Gasteiger charge is 2.26. The minimum atomic E-state index is -0.149. The lowest BCUT2D eigenvalue weighted by atomic mass is 10.2. The number of hydrogen-bond acceptors (Lipinski definition) is 2. The van der Waals surface area contributed by atoms with Gasteiger partial charge in [-0.05, 0) is 29.8 Å². The van der Waals surface area contributed by atoms with E-state index in [9.17, 15) is 5.21 Å². The van der Waals surface area contributed by atoms with Gasteiger partial charge in [0.25, 0.3) is 0 Å². The summed E-state index contributed by atoms with van der Waals surface area (Å²) >= 11 is 5.99. The number of imidazole rings is 1. The third-order valence-electron chi connectivity index (χ3n) is 4.80. The first-order chi connectivity index (χ1) is 11.6. The van der Waals surface area contributed by atoms with E-state index in [2.05, 4.69) is 10.6 Å². The van der Waals surface area contributed by atoms with Crippen molar-refractivity contribution in [2.45, 2.75) is 25.9 Å². The Labute approximate surface area is 146 Å². The van der Waals surface area contributed by atoms with Crippen molar-refractivity contribution in [2.24, 2.45) is 0 Å². The molecule has 5 heteroatoms. The van der Waals surface area contributed by atoms with Crippen LogP contribution < -0.4 is 0 Å². The highest BCUT2D eigenvalue weighted by molar-refractivity contribution is 6.30. The zero-order valence-corrected chi connectivity index (χ0v) is 14.2. The molecule has 0 spiro atoms. The van der Waals surface area contributed by atoms with E-state index in [1.54, 1.807) is 0 Å². The SMILES string of the molecule is [O-][N+]1(Cc2nc3ccccc3n2Cc2ccc(Cl)cc2)CCCC1. The Balaban J connectivity index is 1.73. The lowest BCUT2D eigenvalue weighted by molar-refractivity contribution is -0.882. The van der Waals surface area contributed by atoms with Gasteiger partial charge >= 0.3 is 0 Å². The van der Waals surface area contributed by atoms with E-state index in [1.165, 1.54) is 0 Å². The first-order valence-electron chi connectivity index (χ1n) is 8.39. The molecule has 124 valence electrons. The summed E-state index contributed by atoms with van der Waals surface area (Å²) in [5.41, 5.74) is 3.18. The van der Waals surface area contributed by atoms with Gasteiger partial charge in [0.05, 0.1) is 24.1 Å². The van der Waals surface area contributed by atoms with Gasteiger partial charge in [0.15, 0.2) is 5.82 Å². The number of aromatic nitrogens is 2. The van der Waals surface area contributed by atoms with Gasteiger partial charge in [-0.15, -0.1) is 0 Å². The van der Waals surface area contributed by atoms with Crippen LogP contribution in [-0.2, 0) is 13.1 Å². The van der Waals surface area contributed by atoms with E-state index in [1.807, 2.05) is 42.5 Å². The zero-order chi connectivity index (χ0) is 16.6. The van der Waals surface area contributed by atoms with Gasteiger partial charge in [0.1, 0.15) is 6.54 Å². The Bertz CT molecular complexity index is 851. The zero-order valence-electron chi connectivity index (χ0n) is 13.5. The molecule has 1 aliphatic rings. The Morgan fingerprint density at radius 2 is 1.75 bits per heavy atom. The van der Waals surface area contributed by atoms with Crippen molar-refractivity contribution >= 4 is 22.6 Å². The van der Waals surface area contributed by atoms with Gasteiger partial charge in [0, 0.05) is 24.4 Å². The summed E-state index contributed by atoms with van der Waals surface area (Å²) in [7, 11) is 0. The van der Waals surface area contributed by atoms with Crippen LogP contribution in [-0.4, -0.2) is 27.3 Å². The van der Waals surface area contributed by atoms with E-state index in [0.29, 0.717) is 26.2 Å². The van der Waals surface area contributed by atoms with Gasteiger partial charge in [-0.1, -0.05) is 35.9 Å². The molecular weight excluding hydrogens is 322 g/mol. The van der Waals surface area contributed by atoms with Crippen molar-refractivity contribution < 1.29 is 4.65 Å². The number of hydrogen-bond donors (Lipinski definition) is 0. The molecule has 1 fully saturated rings. The molecule has 0 bridgehead atoms. The standard InChI is InChI=1S/C19H20ClN3O/c20-16-9-7-15(8-10-16)13-22-18-6-2-1-5-17(18)21-19(22)14-23(24)11-3-4-12-23/h1-2,5-10H,3-4,11-14H2. The number of quaternary nitrogens is 1. The summed E-state index contributed by atoms with van der Waals surface area (Å²) in [6, 6.07) is 15.9. The second-order valence-corrected chi connectivity index (χ2v) is 7.04. The lowest BCUT2D eigenvalue weighted by Crippen LogP contribution is -2.38. The molecule has 0 amide bonds. The van der Waals surface area contributed by atoms with Crippen LogP contribution in [0.15, 0.2) is 48.5 Å². The summed E-state index contributed by atoms with van der Waals surface area (Å²) < 4.78 is 2.03. The minimum Gasteiger partial charge on any atom is -0.632 e. The van der Waals surface area contributed by atoms with Crippen LogP contribution >= 0.6 is 11.6 Å². The van der Waals surface area contributed by atoms with Gasteiger partial charge in [0.2, 0.25) is 0 Å². The van der Waals surface area contributed by atoms with Crippen LogP contribution in [0.4, 0.5) is 0 Å². The minimum absolute atomic E-state index is 0.149. The molecule has 2 aromatic carbocycles. The van der Waals surface area contributed by atoms with E-state index in [4.69, 9.17) is 16.6 Å². The second kappa shape index (κ2) is 6.20. The van der Waals surface area contributed by atoms with Crippen molar-refractivity contribution in [3.05, 3.63) is 70.1 Å². The number of hydroxylamine groups is 3. The third-order valence-corrected chi connectivity index (χ3v) is 5.05. The van der Waals surface area contributed by atoms with Crippen LogP contribution in [0.25, 0.3) is 11.0 Å². The molecule has 0 N–H and O–H groups in total. The van der Waals surface area contributed by atoms with Gasteiger partial charge < -0.3 is 14.4 Å². The molecule has 0 aliphatic carbocycles. The van der Waals surface area contributed by atoms with E-state index in [-0.39, 0.29) is 4.65 Å². The number of fused-ring (bicyclic) bond motifs is 1. The first-order valence-corrected chi connectivity index (χ1v) is 8.76. The lowest BCUT2D eigenvalue weighted by Gasteiger charge is -2.38. The molecule has 0 radical (unpaired) electrons. The molecule has 1 saturated heterocycles. The molecule has 0 atom stereocenters. The van der Waals surface area contributed by atoms with E-state index < -0.39 is 0 Å². The van der Waals surface area contributed by atoms with Crippen molar-refractivity contribution in [3.8, 4) is 0 Å².